The van der Waals surface area contributed by atoms with E-state index < -0.39 is 49.1 Å². The monoisotopic (exact) mass is 297 g/mol. The molecule has 5 atom stereocenters. The summed E-state index contributed by atoms with van der Waals surface area (Å²) in [6.07, 6.45) is -4.79. The van der Waals surface area contributed by atoms with Gasteiger partial charge in [0.2, 0.25) is 5.91 Å². The van der Waals surface area contributed by atoms with Gasteiger partial charge in [0, 0.05) is 6.54 Å². The molecule has 0 bridgehead atoms. The van der Waals surface area contributed by atoms with Crippen LogP contribution in [0.25, 0.3) is 0 Å². The normalized spacial score (nSPS) is 38.9. The van der Waals surface area contributed by atoms with Crippen LogP contribution in [0.1, 0.15) is 0 Å². The van der Waals surface area contributed by atoms with Crippen molar-refractivity contribution in [2.75, 3.05) is 13.2 Å². The maximum Gasteiger partial charge on any atom is 0.326 e. The maximum atomic E-state index is 11.6. The van der Waals surface area contributed by atoms with Gasteiger partial charge >= 0.3 is 6.03 Å². The molecule has 2 heterocycles. The first-order valence-electron chi connectivity index (χ1n) is 5.45. The number of imide groups is 1. The van der Waals surface area contributed by atoms with Gasteiger partial charge in [-0.3, -0.25) is 15.0 Å². The van der Waals surface area contributed by atoms with Crippen LogP contribution in [0.15, 0.2) is 0 Å². The summed E-state index contributed by atoms with van der Waals surface area (Å²) in [6, 6.07) is -1.68. The second-order valence-corrected chi connectivity index (χ2v) is 4.28. The van der Waals surface area contributed by atoms with Gasteiger partial charge in [-0.15, -0.1) is 12.4 Å². The molecule has 0 aromatic carbocycles. The van der Waals surface area contributed by atoms with Crippen LogP contribution in [0.2, 0.25) is 0 Å². The predicted molar refractivity (Wildman–Crippen MR) is 63.2 cm³/mol. The Morgan fingerprint density at radius 1 is 1.37 bits per heavy atom. The molecule has 2 aliphatic rings. The number of aliphatic hydroxyl groups is 3. The van der Waals surface area contributed by atoms with Crippen molar-refractivity contribution in [1.29, 1.82) is 0 Å². The smallest absolute Gasteiger partial charge is 0.326 e. The van der Waals surface area contributed by atoms with Gasteiger partial charge in [-0.25, -0.2) is 4.79 Å². The van der Waals surface area contributed by atoms with E-state index >= 15 is 0 Å². The van der Waals surface area contributed by atoms with Gasteiger partial charge in [-0.2, -0.15) is 0 Å². The lowest BCUT2D eigenvalue weighted by atomic mass is 10.1. The Morgan fingerprint density at radius 3 is 2.53 bits per heavy atom. The topological polar surface area (TPSA) is 145 Å². The number of nitrogens with one attached hydrogen (secondary N) is 1. The van der Waals surface area contributed by atoms with Crippen LogP contribution in [-0.4, -0.2) is 75.9 Å². The Balaban J connectivity index is 0.00000180. The molecule has 2 aliphatic heterocycles. The predicted octanol–water partition coefficient (Wildman–Crippen LogP) is -3.27. The second kappa shape index (κ2) is 5.99. The molecule has 9 nitrogen and oxygen atoms in total. The Hall–Kier alpha value is -0.970. The lowest BCUT2D eigenvalue weighted by Crippen LogP contribution is -2.64. The molecule has 0 aromatic rings. The van der Waals surface area contributed by atoms with E-state index in [0.717, 1.165) is 4.90 Å². The van der Waals surface area contributed by atoms with E-state index in [-0.39, 0.29) is 19.0 Å². The Bertz CT molecular complexity index is 370. The van der Waals surface area contributed by atoms with Crippen LogP contribution < -0.4 is 11.1 Å². The number of amides is 3. The zero-order chi connectivity index (χ0) is 13.4. The molecule has 0 aromatic heterocycles. The van der Waals surface area contributed by atoms with Gasteiger partial charge in [0.15, 0.2) is 6.23 Å². The van der Waals surface area contributed by atoms with E-state index in [9.17, 15) is 19.8 Å². The minimum Gasteiger partial charge on any atom is -0.394 e. The van der Waals surface area contributed by atoms with E-state index in [1.807, 2.05) is 5.32 Å². The molecule has 1 unspecified atom stereocenters. The minimum atomic E-state index is -1.37. The molecular weight excluding hydrogens is 282 g/mol. The third-order valence-corrected chi connectivity index (χ3v) is 3.05. The molecule has 0 radical (unpaired) electrons. The van der Waals surface area contributed by atoms with Crippen LogP contribution >= 0.6 is 12.4 Å². The molecule has 0 aliphatic carbocycles. The highest BCUT2D eigenvalue weighted by Gasteiger charge is 2.48. The lowest BCUT2D eigenvalue weighted by Gasteiger charge is -2.35. The lowest BCUT2D eigenvalue weighted by molar-refractivity contribution is -0.127. The second-order valence-electron chi connectivity index (χ2n) is 4.28. The minimum absolute atomic E-state index is 0. The highest BCUT2D eigenvalue weighted by Crippen LogP contribution is 2.24. The van der Waals surface area contributed by atoms with Gasteiger partial charge in [0.05, 0.1) is 6.61 Å². The number of carbonyl (C=O) groups is 2. The molecule has 0 spiro atoms. The highest BCUT2D eigenvalue weighted by atomic mass is 35.5. The molecule has 3 amide bonds. The van der Waals surface area contributed by atoms with Gasteiger partial charge in [-0.1, -0.05) is 0 Å². The van der Waals surface area contributed by atoms with Crippen molar-refractivity contribution in [2.45, 2.75) is 30.6 Å². The standard InChI is InChI=1S/C9H15N3O6.ClH/c10-3-1-12(9(17)11-7(3)16)8-6(15)5(14)4(2-13)18-8;/h3-6,8,13-15H,1-2,10H2,(H,11,16,17);1H/t3?,4-,5-,6-,8-;/m1./s1. The maximum absolute atomic E-state index is 11.6. The first-order chi connectivity index (χ1) is 8.45. The summed E-state index contributed by atoms with van der Waals surface area (Å²) in [5.41, 5.74) is 5.49. The fourth-order valence-electron chi connectivity index (χ4n) is 2.00. The van der Waals surface area contributed by atoms with Crippen LogP contribution in [0.4, 0.5) is 4.79 Å². The van der Waals surface area contributed by atoms with Crippen molar-refractivity contribution in [1.82, 2.24) is 10.2 Å². The van der Waals surface area contributed by atoms with Crippen LogP contribution in [0.3, 0.4) is 0 Å². The van der Waals surface area contributed by atoms with Crippen molar-refractivity contribution >= 4 is 24.3 Å². The Labute approximate surface area is 114 Å². The zero-order valence-corrected chi connectivity index (χ0v) is 10.6. The summed E-state index contributed by atoms with van der Waals surface area (Å²) >= 11 is 0. The molecule has 10 heteroatoms. The quantitative estimate of drug-likeness (QED) is 0.359. The van der Waals surface area contributed by atoms with Gasteiger partial charge < -0.3 is 25.8 Å². The molecule has 2 saturated heterocycles. The third-order valence-electron chi connectivity index (χ3n) is 3.05. The molecule has 0 saturated carbocycles. The number of nitrogens with zero attached hydrogens (tertiary/aromatic N) is 1. The third kappa shape index (κ3) is 2.81. The van der Waals surface area contributed by atoms with Gasteiger partial charge in [0.25, 0.3) is 0 Å². The molecule has 19 heavy (non-hydrogen) atoms. The van der Waals surface area contributed by atoms with Crippen LogP contribution in [0.5, 0.6) is 0 Å². The number of rotatable bonds is 2. The number of urea groups is 1. The van der Waals surface area contributed by atoms with E-state index in [1.165, 1.54) is 0 Å². The van der Waals surface area contributed by atoms with E-state index in [1.54, 1.807) is 0 Å². The number of halogens is 1. The number of ether oxygens (including phenoxy) is 1. The first kappa shape index (κ1) is 16.1. The van der Waals surface area contributed by atoms with Crippen molar-refractivity contribution in [3.63, 3.8) is 0 Å². The summed E-state index contributed by atoms with van der Waals surface area (Å²) in [4.78, 5) is 23.8. The number of hydrogen-bond donors (Lipinski definition) is 5. The molecule has 6 N–H and O–H groups in total. The molecule has 110 valence electrons. The number of hydrogen-bond acceptors (Lipinski definition) is 7. The summed E-state index contributed by atoms with van der Waals surface area (Å²) in [5.74, 6) is -0.608. The van der Waals surface area contributed by atoms with Crippen LogP contribution in [0, 0.1) is 0 Å². The van der Waals surface area contributed by atoms with Crippen molar-refractivity contribution in [3.05, 3.63) is 0 Å². The molecular formula is C9H16ClN3O6. The summed E-state index contributed by atoms with van der Waals surface area (Å²) < 4.78 is 5.18. The van der Waals surface area contributed by atoms with Crippen LogP contribution in [-0.2, 0) is 9.53 Å². The molecule has 2 rings (SSSR count). The molecule has 2 fully saturated rings. The van der Waals surface area contributed by atoms with Gasteiger partial charge in [-0.05, 0) is 0 Å². The summed E-state index contributed by atoms with van der Waals surface area (Å²) in [7, 11) is 0. The van der Waals surface area contributed by atoms with E-state index in [4.69, 9.17) is 15.6 Å². The SMILES string of the molecule is Cl.NC1CN([C@@H]2O[C@H](CO)[C@@H](O)[C@H]2O)C(=O)NC1=O. The summed E-state index contributed by atoms with van der Waals surface area (Å²) in [6.45, 7) is -0.619. The van der Waals surface area contributed by atoms with Crippen molar-refractivity contribution in [3.8, 4) is 0 Å². The average Bonchev–Trinajstić information content (AvgIpc) is 2.61. The fraction of sp³-hybridized carbons (Fsp3) is 0.778. The number of nitrogens with two attached hydrogens (primary N) is 1. The number of aliphatic hydroxyl groups excluding tert-OH is 3. The fourth-order valence-corrected chi connectivity index (χ4v) is 2.00. The zero-order valence-electron chi connectivity index (χ0n) is 9.80. The average molecular weight is 298 g/mol. The van der Waals surface area contributed by atoms with Crippen molar-refractivity contribution in [2.24, 2.45) is 5.73 Å². The van der Waals surface area contributed by atoms with E-state index in [0.29, 0.717) is 0 Å². The van der Waals surface area contributed by atoms with Gasteiger partial charge in [0.1, 0.15) is 24.4 Å². The Morgan fingerprint density at radius 2 is 2.00 bits per heavy atom. The number of carbonyl (C=O) groups excluding carboxylic acids is 2. The summed E-state index contributed by atoms with van der Waals surface area (Å²) in [5, 5.41) is 30.3. The van der Waals surface area contributed by atoms with Crippen molar-refractivity contribution < 1.29 is 29.6 Å². The largest absolute Gasteiger partial charge is 0.394 e. The Kier molecular flexibility index (Phi) is 5.07. The highest BCUT2D eigenvalue weighted by molar-refractivity contribution is 5.99. The first-order valence-corrected chi connectivity index (χ1v) is 5.45. The van der Waals surface area contributed by atoms with E-state index in [2.05, 4.69) is 0 Å².